The number of benzene rings is 1. The van der Waals surface area contributed by atoms with Gasteiger partial charge in [-0.1, -0.05) is 38.1 Å². The first-order valence-electron chi connectivity index (χ1n) is 7.10. The highest BCUT2D eigenvalue weighted by molar-refractivity contribution is 5.32. The topological polar surface area (TPSA) is 24.1 Å². The van der Waals surface area contributed by atoms with Gasteiger partial charge in [-0.2, -0.15) is 0 Å². The maximum Gasteiger partial charge on any atom is 0.0192 e. The molecular weight excluding hydrogens is 220 g/mol. The molecule has 0 radical (unpaired) electrons. The van der Waals surface area contributed by atoms with Crippen molar-refractivity contribution in [3.8, 4) is 0 Å². The molecule has 2 nitrogen and oxygen atoms in total. The van der Waals surface area contributed by atoms with Crippen molar-refractivity contribution in [3.05, 3.63) is 35.4 Å². The molecule has 2 heteroatoms. The Morgan fingerprint density at radius 1 is 1.33 bits per heavy atom. The van der Waals surface area contributed by atoms with Gasteiger partial charge in [0.1, 0.15) is 0 Å². The van der Waals surface area contributed by atoms with E-state index in [0.717, 1.165) is 13.1 Å². The molecule has 2 rings (SSSR count). The van der Waals surface area contributed by atoms with E-state index in [9.17, 15) is 0 Å². The van der Waals surface area contributed by atoms with Gasteiger partial charge in [0.2, 0.25) is 0 Å². The average molecular weight is 246 g/mol. The number of hydrogen-bond donors (Lipinski definition) is 2. The monoisotopic (exact) mass is 246 g/mol. The lowest BCUT2D eigenvalue weighted by Gasteiger charge is -2.28. The first-order chi connectivity index (χ1) is 8.59. The smallest absolute Gasteiger partial charge is 0.0192 e. The van der Waals surface area contributed by atoms with Crippen molar-refractivity contribution in [3.63, 3.8) is 0 Å². The number of rotatable bonds is 5. The van der Waals surface area contributed by atoms with E-state index in [1.54, 1.807) is 0 Å². The fraction of sp³-hybridized carbons (Fsp3) is 0.625. The number of nitrogens with one attached hydrogen (secondary N) is 2. The van der Waals surface area contributed by atoms with Crippen LogP contribution in [0.15, 0.2) is 24.3 Å². The van der Waals surface area contributed by atoms with Gasteiger partial charge in [0, 0.05) is 24.5 Å². The predicted molar refractivity (Wildman–Crippen MR) is 78.1 cm³/mol. The summed E-state index contributed by atoms with van der Waals surface area (Å²) < 4.78 is 0. The van der Waals surface area contributed by atoms with Gasteiger partial charge in [0.05, 0.1) is 0 Å². The van der Waals surface area contributed by atoms with Crippen LogP contribution in [-0.2, 0) is 5.41 Å². The minimum Gasteiger partial charge on any atom is -0.314 e. The largest absolute Gasteiger partial charge is 0.314 e. The molecule has 1 atom stereocenters. The number of hydrogen-bond acceptors (Lipinski definition) is 2. The molecule has 0 saturated carbocycles. The van der Waals surface area contributed by atoms with E-state index in [0.29, 0.717) is 6.04 Å². The third-order valence-corrected chi connectivity index (χ3v) is 3.99. The fourth-order valence-electron chi connectivity index (χ4n) is 2.92. The van der Waals surface area contributed by atoms with E-state index in [1.807, 2.05) is 0 Å². The highest BCUT2D eigenvalue weighted by Crippen LogP contribution is 2.25. The second-order valence-electron chi connectivity index (χ2n) is 6.12. The van der Waals surface area contributed by atoms with E-state index in [2.05, 4.69) is 55.7 Å². The summed E-state index contributed by atoms with van der Waals surface area (Å²) >= 11 is 0. The Bertz CT molecular complexity index is 378. The van der Waals surface area contributed by atoms with Crippen LogP contribution >= 0.6 is 0 Å². The lowest BCUT2D eigenvalue weighted by molar-refractivity contribution is 0.440. The Morgan fingerprint density at radius 3 is 2.78 bits per heavy atom. The highest BCUT2D eigenvalue weighted by atomic mass is 15.0. The summed E-state index contributed by atoms with van der Waals surface area (Å²) in [5.74, 6) is 0. The second kappa shape index (κ2) is 5.85. The van der Waals surface area contributed by atoms with Crippen LogP contribution in [0.4, 0.5) is 0 Å². The molecule has 0 spiro atoms. The van der Waals surface area contributed by atoms with Gasteiger partial charge in [-0.05, 0) is 37.4 Å². The third-order valence-electron chi connectivity index (χ3n) is 3.99. The minimum absolute atomic E-state index is 0.198. The summed E-state index contributed by atoms with van der Waals surface area (Å²) in [5, 5.41) is 7.16. The molecule has 1 heterocycles. The van der Waals surface area contributed by atoms with Crippen LogP contribution in [0, 0.1) is 6.92 Å². The van der Waals surface area contributed by atoms with E-state index < -0.39 is 0 Å². The molecule has 0 aromatic heterocycles. The first-order valence-corrected chi connectivity index (χ1v) is 7.10. The summed E-state index contributed by atoms with van der Waals surface area (Å²) in [6, 6.07) is 9.39. The normalized spacial score (nSPS) is 20.3. The molecule has 1 aromatic carbocycles. The van der Waals surface area contributed by atoms with Crippen molar-refractivity contribution in [2.45, 2.75) is 45.1 Å². The quantitative estimate of drug-likeness (QED) is 0.834. The van der Waals surface area contributed by atoms with Crippen molar-refractivity contribution in [1.29, 1.82) is 0 Å². The Hall–Kier alpha value is -0.860. The van der Waals surface area contributed by atoms with E-state index in [-0.39, 0.29) is 5.41 Å². The van der Waals surface area contributed by atoms with Gasteiger partial charge in [0.15, 0.2) is 0 Å². The van der Waals surface area contributed by atoms with Crippen LogP contribution in [0.3, 0.4) is 0 Å². The van der Waals surface area contributed by atoms with E-state index >= 15 is 0 Å². The Labute approximate surface area is 111 Å². The van der Waals surface area contributed by atoms with Crippen molar-refractivity contribution in [2.24, 2.45) is 0 Å². The van der Waals surface area contributed by atoms with Crippen LogP contribution in [0.1, 0.15) is 37.8 Å². The molecule has 0 bridgehead atoms. The molecule has 100 valence electrons. The molecule has 1 fully saturated rings. The Balaban J connectivity index is 1.88. The van der Waals surface area contributed by atoms with Crippen LogP contribution in [0.5, 0.6) is 0 Å². The molecule has 2 N–H and O–H groups in total. The Kier molecular flexibility index (Phi) is 4.41. The molecule has 0 amide bonds. The zero-order valence-electron chi connectivity index (χ0n) is 11.9. The summed E-state index contributed by atoms with van der Waals surface area (Å²) in [5.41, 5.74) is 3.05. The maximum atomic E-state index is 3.63. The summed E-state index contributed by atoms with van der Waals surface area (Å²) in [7, 11) is 0. The van der Waals surface area contributed by atoms with Crippen molar-refractivity contribution in [1.82, 2.24) is 10.6 Å². The molecule has 1 aliphatic heterocycles. The average Bonchev–Trinajstić information content (AvgIpc) is 2.82. The first kappa shape index (κ1) is 13.6. The minimum atomic E-state index is 0.198. The van der Waals surface area contributed by atoms with Gasteiger partial charge >= 0.3 is 0 Å². The molecule has 1 aromatic rings. The molecule has 0 aliphatic carbocycles. The van der Waals surface area contributed by atoms with Gasteiger partial charge in [0.25, 0.3) is 0 Å². The van der Waals surface area contributed by atoms with Gasteiger partial charge < -0.3 is 10.6 Å². The second-order valence-corrected chi connectivity index (χ2v) is 6.12. The predicted octanol–water partition coefficient (Wildman–Crippen LogP) is 2.61. The SMILES string of the molecule is Cc1ccccc1C(C)(C)CNCC1CCCN1. The van der Waals surface area contributed by atoms with Gasteiger partial charge in [-0.15, -0.1) is 0 Å². The molecular formula is C16H26N2. The summed E-state index contributed by atoms with van der Waals surface area (Å²) in [6.45, 7) is 10.2. The summed E-state index contributed by atoms with van der Waals surface area (Å²) in [6.07, 6.45) is 2.64. The van der Waals surface area contributed by atoms with Crippen LogP contribution < -0.4 is 10.6 Å². The summed E-state index contributed by atoms with van der Waals surface area (Å²) in [4.78, 5) is 0. The van der Waals surface area contributed by atoms with E-state index in [1.165, 1.54) is 30.5 Å². The van der Waals surface area contributed by atoms with Gasteiger partial charge in [-0.3, -0.25) is 0 Å². The Morgan fingerprint density at radius 2 is 2.11 bits per heavy atom. The standard InChI is InChI=1S/C16H26N2/c1-13-7-4-5-9-15(13)16(2,3)12-17-11-14-8-6-10-18-14/h4-5,7,9,14,17-18H,6,8,10-12H2,1-3H3. The number of aryl methyl sites for hydroxylation is 1. The molecule has 1 saturated heterocycles. The van der Waals surface area contributed by atoms with Crippen LogP contribution in [0.2, 0.25) is 0 Å². The molecule has 18 heavy (non-hydrogen) atoms. The lowest BCUT2D eigenvalue weighted by Crippen LogP contribution is -2.40. The third kappa shape index (κ3) is 3.33. The maximum absolute atomic E-state index is 3.63. The van der Waals surface area contributed by atoms with Crippen LogP contribution in [0.25, 0.3) is 0 Å². The zero-order valence-corrected chi connectivity index (χ0v) is 11.9. The lowest BCUT2D eigenvalue weighted by atomic mass is 9.82. The highest BCUT2D eigenvalue weighted by Gasteiger charge is 2.22. The van der Waals surface area contributed by atoms with Crippen molar-refractivity contribution >= 4 is 0 Å². The fourth-order valence-corrected chi connectivity index (χ4v) is 2.92. The molecule has 1 unspecified atom stereocenters. The van der Waals surface area contributed by atoms with Gasteiger partial charge in [-0.25, -0.2) is 0 Å². The van der Waals surface area contributed by atoms with E-state index in [4.69, 9.17) is 0 Å². The molecule has 1 aliphatic rings. The van der Waals surface area contributed by atoms with Crippen molar-refractivity contribution in [2.75, 3.05) is 19.6 Å². The zero-order chi connectivity index (χ0) is 13.0. The van der Waals surface area contributed by atoms with Crippen molar-refractivity contribution < 1.29 is 0 Å². The van der Waals surface area contributed by atoms with Crippen LogP contribution in [-0.4, -0.2) is 25.7 Å².